The molecular formula is C17H24N4O2. The van der Waals surface area contributed by atoms with Gasteiger partial charge >= 0.3 is 6.09 Å². The lowest BCUT2D eigenvalue weighted by atomic mass is 10.1. The zero-order chi connectivity index (χ0) is 16.9. The highest BCUT2D eigenvalue weighted by Gasteiger charge is 2.15. The number of alkyl carbamates (subject to hydrolysis) is 1. The lowest BCUT2D eigenvalue weighted by Gasteiger charge is -2.19. The van der Waals surface area contributed by atoms with E-state index in [9.17, 15) is 4.79 Å². The van der Waals surface area contributed by atoms with Gasteiger partial charge in [-0.2, -0.15) is 0 Å². The van der Waals surface area contributed by atoms with Crippen molar-refractivity contribution in [3.8, 4) is 0 Å². The minimum atomic E-state index is -0.481. The van der Waals surface area contributed by atoms with Crippen LogP contribution in [0.1, 0.15) is 37.6 Å². The molecular weight excluding hydrogens is 292 g/mol. The Morgan fingerprint density at radius 3 is 2.78 bits per heavy atom. The second-order valence-electron chi connectivity index (χ2n) is 6.49. The van der Waals surface area contributed by atoms with Crippen molar-refractivity contribution in [2.45, 2.75) is 46.3 Å². The molecule has 1 N–H and O–H groups in total. The van der Waals surface area contributed by atoms with Crippen LogP contribution < -0.4 is 5.32 Å². The molecule has 0 fully saturated rings. The summed E-state index contributed by atoms with van der Waals surface area (Å²) in [5.41, 5.74) is 2.95. The molecule has 6 nitrogen and oxygen atoms in total. The zero-order valence-corrected chi connectivity index (χ0v) is 14.2. The number of pyridine rings is 1. The topological polar surface area (TPSA) is 69.0 Å². The van der Waals surface area contributed by atoms with E-state index in [1.807, 2.05) is 52.5 Å². The maximum atomic E-state index is 11.6. The van der Waals surface area contributed by atoms with E-state index in [0.29, 0.717) is 13.0 Å². The van der Waals surface area contributed by atoms with Gasteiger partial charge in [0.25, 0.3) is 0 Å². The van der Waals surface area contributed by atoms with E-state index in [1.165, 1.54) is 5.56 Å². The molecule has 0 atom stereocenters. The Morgan fingerprint density at radius 2 is 2.09 bits per heavy atom. The van der Waals surface area contributed by atoms with E-state index >= 15 is 0 Å². The molecule has 0 aliphatic heterocycles. The molecule has 2 aromatic rings. The zero-order valence-electron chi connectivity index (χ0n) is 14.2. The van der Waals surface area contributed by atoms with E-state index in [0.717, 1.165) is 17.8 Å². The molecule has 0 spiro atoms. The van der Waals surface area contributed by atoms with Crippen LogP contribution in [-0.4, -0.2) is 32.8 Å². The van der Waals surface area contributed by atoms with Crippen LogP contribution in [0.4, 0.5) is 4.79 Å². The molecule has 6 heteroatoms. The van der Waals surface area contributed by atoms with E-state index in [-0.39, 0.29) is 0 Å². The fourth-order valence-electron chi connectivity index (χ4n) is 2.17. The van der Waals surface area contributed by atoms with E-state index in [1.54, 1.807) is 6.20 Å². The van der Waals surface area contributed by atoms with Crippen molar-refractivity contribution in [3.05, 3.63) is 47.8 Å². The molecule has 2 rings (SSSR count). The Morgan fingerprint density at radius 1 is 1.30 bits per heavy atom. The first-order valence-corrected chi connectivity index (χ1v) is 7.70. The van der Waals surface area contributed by atoms with Crippen LogP contribution in [0.2, 0.25) is 0 Å². The molecule has 124 valence electrons. The summed E-state index contributed by atoms with van der Waals surface area (Å²) in [6.45, 7) is 8.84. The summed E-state index contributed by atoms with van der Waals surface area (Å²) in [4.78, 5) is 20.0. The number of amides is 1. The summed E-state index contributed by atoms with van der Waals surface area (Å²) < 4.78 is 7.30. The first-order valence-electron chi connectivity index (χ1n) is 7.70. The molecule has 0 aromatic carbocycles. The molecule has 0 saturated carbocycles. The van der Waals surface area contributed by atoms with Gasteiger partial charge in [-0.15, -0.1) is 0 Å². The summed E-state index contributed by atoms with van der Waals surface area (Å²) >= 11 is 0. The lowest BCUT2D eigenvalue weighted by molar-refractivity contribution is 0.0528. The number of carbonyl (C=O) groups excluding carboxylic acids is 1. The Bertz CT molecular complexity index is 659. The third-order valence-electron chi connectivity index (χ3n) is 3.33. The minimum absolute atomic E-state index is 0.395. The number of nitrogens with zero attached hydrogens (tertiary/aromatic N) is 3. The number of nitrogens with one attached hydrogen (secondary N) is 1. The molecule has 2 heterocycles. The Hall–Kier alpha value is -2.37. The number of hydrogen-bond donors (Lipinski definition) is 1. The first kappa shape index (κ1) is 17.0. The summed E-state index contributed by atoms with van der Waals surface area (Å²) in [5.74, 6) is 0. The average Bonchev–Trinajstić information content (AvgIpc) is 2.87. The van der Waals surface area contributed by atoms with Gasteiger partial charge in [-0.3, -0.25) is 4.98 Å². The highest BCUT2D eigenvalue weighted by molar-refractivity contribution is 5.67. The van der Waals surface area contributed by atoms with Crippen LogP contribution >= 0.6 is 0 Å². The van der Waals surface area contributed by atoms with E-state index < -0.39 is 11.7 Å². The smallest absolute Gasteiger partial charge is 0.407 e. The average molecular weight is 316 g/mol. The largest absolute Gasteiger partial charge is 0.444 e. The number of aryl methyl sites for hydroxylation is 1. The second kappa shape index (κ2) is 7.26. The first-order chi connectivity index (χ1) is 10.8. The van der Waals surface area contributed by atoms with E-state index in [4.69, 9.17) is 4.74 Å². The van der Waals surface area contributed by atoms with Gasteiger partial charge in [-0.1, -0.05) is 0 Å². The molecule has 2 aromatic heterocycles. The molecule has 1 amide bonds. The molecule has 0 radical (unpaired) electrons. The molecule has 0 aliphatic rings. The molecule has 0 unspecified atom stereocenters. The predicted molar refractivity (Wildman–Crippen MR) is 88.2 cm³/mol. The van der Waals surface area contributed by atoms with Gasteiger partial charge < -0.3 is 14.6 Å². The van der Waals surface area contributed by atoms with Crippen LogP contribution in [-0.2, 0) is 17.7 Å². The maximum Gasteiger partial charge on any atom is 0.407 e. The van der Waals surface area contributed by atoms with Gasteiger partial charge in [-0.05, 0) is 44.9 Å². The third-order valence-corrected chi connectivity index (χ3v) is 3.33. The van der Waals surface area contributed by atoms with Crippen molar-refractivity contribution < 1.29 is 9.53 Å². The van der Waals surface area contributed by atoms with Crippen LogP contribution in [0.25, 0.3) is 0 Å². The number of ether oxygens (including phenoxy) is 1. The maximum absolute atomic E-state index is 11.6. The fourth-order valence-corrected chi connectivity index (χ4v) is 2.17. The molecule has 0 bridgehead atoms. The van der Waals surface area contributed by atoms with Gasteiger partial charge in [0, 0.05) is 43.8 Å². The fraction of sp³-hybridized carbons (Fsp3) is 0.471. The minimum Gasteiger partial charge on any atom is -0.444 e. The number of rotatable bonds is 5. The Balaban J connectivity index is 1.89. The van der Waals surface area contributed by atoms with Gasteiger partial charge in [-0.25, -0.2) is 9.78 Å². The van der Waals surface area contributed by atoms with Crippen molar-refractivity contribution in [3.63, 3.8) is 0 Å². The quantitative estimate of drug-likeness (QED) is 0.921. The standard InChI is InChI=1S/C17H24N4O2/c1-13-9-18-7-5-14(13)11-21-12-19-10-15(21)6-8-20-16(22)23-17(2,3)4/h5,7,9-10,12H,6,8,11H2,1-4H3,(H,20,22). The van der Waals surface area contributed by atoms with Crippen molar-refractivity contribution in [1.82, 2.24) is 19.9 Å². The van der Waals surface area contributed by atoms with Gasteiger partial charge in [0.1, 0.15) is 5.60 Å². The molecule has 0 aliphatic carbocycles. The normalized spacial score (nSPS) is 11.3. The summed E-state index contributed by atoms with van der Waals surface area (Å²) in [6, 6.07) is 2.01. The second-order valence-corrected chi connectivity index (χ2v) is 6.49. The number of aromatic nitrogens is 3. The van der Waals surface area contributed by atoms with Gasteiger partial charge in [0.2, 0.25) is 0 Å². The van der Waals surface area contributed by atoms with Crippen LogP contribution in [0.5, 0.6) is 0 Å². The highest BCUT2D eigenvalue weighted by Crippen LogP contribution is 2.10. The SMILES string of the molecule is Cc1cnccc1Cn1cncc1CCNC(=O)OC(C)(C)C. The van der Waals surface area contributed by atoms with Crippen LogP contribution in [0.3, 0.4) is 0 Å². The summed E-state index contributed by atoms with van der Waals surface area (Å²) in [5, 5.41) is 2.77. The van der Waals surface area contributed by atoms with Crippen molar-refractivity contribution in [2.24, 2.45) is 0 Å². The number of hydrogen-bond acceptors (Lipinski definition) is 4. The van der Waals surface area contributed by atoms with Crippen molar-refractivity contribution >= 4 is 6.09 Å². The number of imidazole rings is 1. The monoisotopic (exact) mass is 316 g/mol. The molecule has 0 saturated heterocycles. The highest BCUT2D eigenvalue weighted by atomic mass is 16.6. The van der Waals surface area contributed by atoms with Crippen molar-refractivity contribution in [1.29, 1.82) is 0 Å². The Kier molecular flexibility index (Phi) is 5.36. The summed E-state index contributed by atoms with van der Waals surface area (Å²) in [7, 11) is 0. The number of carbonyl (C=O) groups is 1. The predicted octanol–water partition coefficient (Wildman–Crippen LogP) is 2.70. The lowest BCUT2D eigenvalue weighted by Crippen LogP contribution is -2.33. The van der Waals surface area contributed by atoms with Gasteiger partial charge in [0.05, 0.1) is 6.33 Å². The Labute approximate surface area is 136 Å². The van der Waals surface area contributed by atoms with Crippen molar-refractivity contribution in [2.75, 3.05) is 6.54 Å². The summed E-state index contributed by atoms with van der Waals surface area (Å²) in [6.07, 6.45) is 7.59. The van der Waals surface area contributed by atoms with Crippen LogP contribution in [0.15, 0.2) is 31.0 Å². The van der Waals surface area contributed by atoms with Gasteiger partial charge in [0.15, 0.2) is 0 Å². The molecule has 23 heavy (non-hydrogen) atoms. The van der Waals surface area contributed by atoms with Crippen LogP contribution in [0, 0.1) is 6.92 Å². The van der Waals surface area contributed by atoms with E-state index in [2.05, 4.69) is 19.9 Å². The third kappa shape index (κ3) is 5.39.